The smallest absolute Gasteiger partial charge is 0.323 e. The Morgan fingerprint density at radius 3 is 2.55 bits per heavy atom. The van der Waals surface area contributed by atoms with E-state index >= 15 is 0 Å². The van der Waals surface area contributed by atoms with Crippen LogP contribution in [0.4, 0.5) is 10.6 Å². The van der Waals surface area contributed by atoms with Crippen LogP contribution >= 0.6 is 0 Å². The Morgan fingerprint density at radius 1 is 1.55 bits per heavy atom. The lowest BCUT2D eigenvalue weighted by Gasteiger charge is -2.36. The number of hydrogen-bond donors (Lipinski definition) is 2. The largest absolute Gasteiger partial charge is 0.394 e. The van der Waals surface area contributed by atoms with Crippen LogP contribution < -0.4 is 5.32 Å². The van der Waals surface area contributed by atoms with Gasteiger partial charge < -0.3 is 10.0 Å². The van der Waals surface area contributed by atoms with Crippen molar-refractivity contribution < 1.29 is 9.90 Å². The summed E-state index contributed by atoms with van der Waals surface area (Å²) >= 11 is 0. The van der Waals surface area contributed by atoms with Gasteiger partial charge in [0.25, 0.3) is 0 Å². The number of amides is 2. The molecule has 0 saturated heterocycles. The molecule has 20 heavy (non-hydrogen) atoms. The van der Waals surface area contributed by atoms with Crippen LogP contribution in [-0.4, -0.2) is 45.5 Å². The molecule has 6 nitrogen and oxygen atoms in total. The molecular weight excluding hydrogens is 256 g/mol. The van der Waals surface area contributed by atoms with Crippen molar-refractivity contribution in [1.29, 1.82) is 0 Å². The minimum atomic E-state index is -0.249. The van der Waals surface area contributed by atoms with E-state index in [1.807, 2.05) is 33.8 Å². The molecule has 0 aliphatic carbocycles. The van der Waals surface area contributed by atoms with Crippen molar-refractivity contribution in [3.8, 4) is 0 Å². The van der Waals surface area contributed by atoms with E-state index in [9.17, 15) is 9.90 Å². The van der Waals surface area contributed by atoms with Crippen LogP contribution in [-0.2, 0) is 13.5 Å². The minimum absolute atomic E-state index is 0.0704. The number of likely N-dealkylation sites (N-methyl/N-ethyl adjacent to an activating group) is 1. The topological polar surface area (TPSA) is 70.4 Å². The highest BCUT2D eigenvalue weighted by Crippen LogP contribution is 2.23. The summed E-state index contributed by atoms with van der Waals surface area (Å²) in [6.07, 6.45) is 0.820. The van der Waals surface area contributed by atoms with Gasteiger partial charge in [-0.15, -0.1) is 0 Å². The fourth-order valence-corrected chi connectivity index (χ4v) is 2.13. The Bertz CT molecular complexity index is 462. The van der Waals surface area contributed by atoms with Gasteiger partial charge in [0.15, 0.2) is 0 Å². The lowest BCUT2D eigenvalue weighted by molar-refractivity contribution is 0.0885. The van der Waals surface area contributed by atoms with E-state index in [0.717, 1.165) is 12.1 Å². The van der Waals surface area contributed by atoms with Crippen molar-refractivity contribution in [1.82, 2.24) is 14.7 Å². The maximum absolute atomic E-state index is 12.3. The number of hydrogen-bond acceptors (Lipinski definition) is 3. The van der Waals surface area contributed by atoms with Crippen LogP contribution in [0, 0.1) is 5.41 Å². The van der Waals surface area contributed by atoms with E-state index in [4.69, 9.17) is 0 Å². The molecule has 0 fully saturated rings. The van der Waals surface area contributed by atoms with Gasteiger partial charge in [-0.05, 0) is 11.8 Å². The first kappa shape index (κ1) is 16.5. The predicted molar refractivity (Wildman–Crippen MR) is 79.7 cm³/mol. The highest BCUT2D eigenvalue weighted by Gasteiger charge is 2.30. The van der Waals surface area contributed by atoms with Crippen LogP contribution in [0.25, 0.3) is 0 Å². The van der Waals surface area contributed by atoms with Gasteiger partial charge in [0.05, 0.1) is 18.3 Å². The Balaban J connectivity index is 2.81. The lowest BCUT2D eigenvalue weighted by Crippen LogP contribution is -2.49. The van der Waals surface area contributed by atoms with Crippen LogP contribution in [0.5, 0.6) is 0 Å². The first-order valence-electron chi connectivity index (χ1n) is 6.88. The van der Waals surface area contributed by atoms with Gasteiger partial charge in [-0.2, -0.15) is 5.10 Å². The molecular formula is C14H26N4O2. The first-order chi connectivity index (χ1) is 9.20. The second-order valence-electron chi connectivity index (χ2n) is 6.10. The van der Waals surface area contributed by atoms with Gasteiger partial charge in [0.1, 0.15) is 5.82 Å². The number of carbonyl (C=O) groups is 1. The molecule has 0 radical (unpaired) electrons. The summed E-state index contributed by atoms with van der Waals surface area (Å²) in [5, 5.41) is 16.6. The zero-order chi connectivity index (χ0) is 15.5. The van der Waals surface area contributed by atoms with E-state index in [0.29, 0.717) is 5.82 Å². The van der Waals surface area contributed by atoms with E-state index in [-0.39, 0.29) is 24.1 Å². The fourth-order valence-electron chi connectivity index (χ4n) is 2.13. The molecule has 0 spiro atoms. The Hall–Kier alpha value is -1.56. The van der Waals surface area contributed by atoms with Gasteiger partial charge in [0, 0.05) is 20.2 Å². The highest BCUT2D eigenvalue weighted by atomic mass is 16.3. The molecule has 1 unspecified atom stereocenters. The zero-order valence-electron chi connectivity index (χ0n) is 13.3. The minimum Gasteiger partial charge on any atom is -0.394 e. The molecule has 1 atom stereocenters. The van der Waals surface area contributed by atoms with Crippen LogP contribution in [0.2, 0.25) is 0 Å². The maximum Gasteiger partial charge on any atom is 0.323 e. The van der Waals surface area contributed by atoms with Crippen LogP contribution in [0.3, 0.4) is 0 Å². The molecule has 2 N–H and O–H groups in total. The molecule has 1 aromatic heterocycles. The number of nitrogens with one attached hydrogen (secondary N) is 1. The Kier molecular flexibility index (Phi) is 5.16. The number of carbonyl (C=O) groups excluding carboxylic acids is 1. The van der Waals surface area contributed by atoms with Gasteiger partial charge >= 0.3 is 6.03 Å². The standard InChI is InChI=1S/C14H26N4O2/c1-7-10-8-12(18(6)16-10)15-13(20)17(5)11(9-19)14(2,3)4/h8,11,19H,7,9H2,1-6H3,(H,15,20). The highest BCUT2D eigenvalue weighted by molar-refractivity contribution is 5.88. The SMILES string of the molecule is CCc1cc(NC(=O)N(C)C(CO)C(C)(C)C)n(C)n1. The second-order valence-corrected chi connectivity index (χ2v) is 6.10. The molecule has 114 valence electrons. The van der Waals surface area contributed by atoms with Crippen molar-refractivity contribution in [2.24, 2.45) is 12.5 Å². The normalized spacial score (nSPS) is 13.2. The molecule has 0 aliphatic rings. The Labute approximate surface area is 120 Å². The van der Waals surface area contributed by atoms with Gasteiger partial charge in [-0.1, -0.05) is 27.7 Å². The van der Waals surface area contributed by atoms with Gasteiger partial charge in [-0.3, -0.25) is 10.00 Å². The Morgan fingerprint density at radius 2 is 2.15 bits per heavy atom. The molecule has 0 aromatic carbocycles. The molecule has 0 saturated carbocycles. The van der Waals surface area contributed by atoms with Crippen LogP contribution in [0.15, 0.2) is 6.07 Å². The molecule has 1 heterocycles. The third-order valence-corrected chi connectivity index (χ3v) is 3.49. The summed E-state index contributed by atoms with van der Waals surface area (Å²) < 4.78 is 1.65. The van der Waals surface area contributed by atoms with Gasteiger partial charge in [0.2, 0.25) is 0 Å². The molecule has 0 bridgehead atoms. The molecule has 0 aliphatic heterocycles. The van der Waals surface area contributed by atoms with E-state index < -0.39 is 0 Å². The summed E-state index contributed by atoms with van der Waals surface area (Å²) in [6, 6.07) is 1.36. The molecule has 2 amide bonds. The number of urea groups is 1. The number of aryl methyl sites for hydroxylation is 2. The van der Waals surface area contributed by atoms with Gasteiger partial charge in [-0.25, -0.2) is 4.79 Å². The predicted octanol–water partition coefficient (Wildman–Crippen LogP) is 1.85. The fraction of sp³-hybridized carbons (Fsp3) is 0.714. The first-order valence-corrected chi connectivity index (χ1v) is 6.88. The van der Waals surface area contributed by atoms with Crippen molar-refractivity contribution in [3.05, 3.63) is 11.8 Å². The number of anilines is 1. The summed E-state index contributed by atoms with van der Waals surface area (Å²) in [4.78, 5) is 13.8. The summed E-state index contributed by atoms with van der Waals surface area (Å²) in [6.45, 7) is 7.94. The average Bonchev–Trinajstić information content (AvgIpc) is 2.69. The van der Waals surface area contributed by atoms with Crippen molar-refractivity contribution >= 4 is 11.8 Å². The summed E-state index contributed by atoms with van der Waals surface area (Å²) in [7, 11) is 3.49. The van der Waals surface area contributed by atoms with E-state index in [1.54, 1.807) is 23.7 Å². The van der Waals surface area contributed by atoms with E-state index in [1.165, 1.54) is 0 Å². The monoisotopic (exact) mass is 282 g/mol. The van der Waals surface area contributed by atoms with Crippen molar-refractivity contribution in [2.75, 3.05) is 19.0 Å². The second kappa shape index (κ2) is 6.26. The van der Waals surface area contributed by atoms with Crippen molar-refractivity contribution in [3.63, 3.8) is 0 Å². The number of aliphatic hydroxyl groups is 1. The lowest BCUT2D eigenvalue weighted by atomic mass is 9.86. The summed E-state index contributed by atoms with van der Waals surface area (Å²) in [5.41, 5.74) is 0.738. The number of aliphatic hydroxyl groups excluding tert-OH is 1. The molecule has 1 rings (SSSR count). The maximum atomic E-state index is 12.3. The third kappa shape index (κ3) is 3.72. The molecule has 1 aromatic rings. The summed E-state index contributed by atoms with van der Waals surface area (Å²) in [5.74, 6) is 0.657. The quantitative estimate of drug-likeness (QED) is 0.885. The van der Waals surface area contributed by atoms with E-state index in [2.05, 4.69) is 10.4 Å². The average molecular weight is 282 g/mol. The number of nitrogens with zero attached hydrogens (tertiary/aromatic N) is 3. The zero-order valence-corrected chi connectivity index (χ0v) is 13.3. The molecule has 6 heteroatoms. The van der Waals surface area contributed by atoms with Crippen molar-refractivity contribution in [2.45, 2.75) is 40.2 Å². The third-order valence-electron chi connectivity index (χ3n) is 3.49. The van der Waals surface area contributed by atoms with Crippen LogP contribution in [0.1, 0.15) is 33.4 Å². The number of aromatic nitrogens is 2. The number of rotatable bonds is 4.